The summed E-state index contributed by atoms with van der Waals surface area (Å²) in [6.07, 6.45) is 0.0464. The molecule has 2 atom stereocenters. The molecule has 0 aromatic heterocycles. The molecule has 1 fully saturated rings. The van der Waals surface area contributed by atoms with Gasteiger partial charge in [-0.05, 0) is 6.08 Å². The SMILES string of the molecule is FC1(F)C2=CC(Cl)=CCC2(F)C(F)(Cl)C1(F)F. The zero-order valence-corrected chi connectivity index (χ0v) is 9.40. The number of hydrogen-bond donors (Lipinski definition) is 0. The fourth-order valence-electron chi connectivity index (χ4n) is 1.91. The third kappa shape index (κ3) is 1.23. The second-order valence-electron chi connectivity index (χ2n) is 3.88. The lowest BCUT2D eigenvalue weighted by atomic mass is 9.89. The molecule has 0 spiro atoms. The number of halogens is 8. The molecule has 2 aliphatic carbocycles. The first-order valence-electron chi connectivity index (χ1n) is 4.39. The summed E-state index contributed by atoms with van der Waals surface area (Å²) in [5.41, 5.74) is -5.39. The van der Waals surface area contributed by atoms with Crippen molar-refractivity contribution in [3.05, 3.63) is 22.8 Å². The summed E-state index contributed by atoms with van der Waals surface area (Å²) in [6.45, 7) is 0. The van der Waals surface area contributed by atoms with Gasteiger partial charge < -0.3 is 0 Å². The second kappa shape index (κ2) is 3.15. The molecular formula is C9H4Cl2F6. The number of alkyl halides is 7. The third-order valence-electron chi connectivity index (χ3n) is 2.91. The fourth-order valence-corrected chi connectivity index (χ4v) is 2.40. The van der Waals surface area contributed by atoms with E-state index in [1.54, 1.807) is 0 Å². The topological polar surface area (TPSA) is 0 Å². The van der Waals surface area contributed by atoms with E-state index in [-0.39, 0.29) is 5.03 Å². The lowest BCUT2D eigenvalue weighted by Gasteiger charge is -2.30. The highest BCUT2D eigenvalue weighted by molar-refractivity contribution is 6.31. The molecular weight excluding hydrogens is 293 g/mol. The Morgan fingerprint density at radius 2 is 1.59 bits per heavy atom. The van der Waals surface area contributed by atoms with Gasteiger partial charge in [-0.2, -0.15) is 17.6 Å². The van der Waals surface area contributed by atoms with Gasteiger partial charge >= 0.3 is 11.8 Å². The molecule has 0 saturated heterocycles. The van der Waals surface area contributed by atoms with Crippen molar-refractivity contribution in [1.29, 1.82) is 0 Å². The van der Waals surface area contributed by atoms with Crippen LogP contribution in [0.1, 0.15) is 6.42 Å². The molecule has 0 radical (unpaired) electrons. The Hall–Kier alpha value is -0.360. The number of fused-ring (bicyclic) bond motifs is 1. The zero-order valence-electron chi connectivity index (χ0n) is 7.89. The highest BCUT2D eigenvalue weighted by Gasteiger charge is 2.88. The Labute approximate surface area is 102 Å². The van der Waals surface area contributed by atoms with E-state index in [2.05, 4.69) is 0 Å². The summed E-state index contributed by atoms with van der Waals surface area (Å²) in [6, 6.07) is 0. The molecule has 1 saturated carbocycles. The predicted molar refractivity (Wildman–Crippen MR) is 50.1 cm³/mol. The second-order valence-corrected chi connectivity index (χ2v) is 4.83. The standard InChI is InChI=1S/C9H4Cl2F6/c10-4-1-2-6(12)5(3-4)7(13,14)9(16,17)8(6,11)15/h1,3H,2H2. The minimum atomic E-state index is -5.35. The van der Waals surface area contributed by atoms with Gasteiger partial charge in [-0.3, -0.25) is 0 Å². The highest BCUT2D eigenvalue weighted by atomic mass is 35.5. The maximum atomic E-state index is 14.1. The molecule has 2 rings (SSSR count). The van der Waals surface area contributed by atoms with E-state index in [9.17, 15) is 26.3 Å². The van der Waals surface area contributed by atoms with Crippen LogP contribution < -0.4 is 0 Å². The first kappa shape index (κ1) is 13.1. The van der Waals surface area contributed by atoms with Crippen molar-refractivity contribution in [3.8, 4) is 0 Å². The average molecular weight is 297 g/mol. The molecule has 0 nitrogen and oxygen atoms in total. The molecule has 0 aliphatic heterocycles. The lowest BCUT2D eigenvalue weighted by Crippen LogP contribution is -2.51. The van der Waals surface area contributed by atoms with Crippen molar-refractivity contribution in [2.24, 2.45) is 0 Å². The van der Waals surface area contributed by atoms with Gasteiger partial charge in [0.2, 0.25) is 0 Å². The van der Waals surface area contributed by atoms with E-state index in [1.807, 2.05) is 0 Å². The van der Waals surface area contributed by atoms with Gasteiger partial charge in [0.15, 0.2) is 5.67 Å². The van der Waals surface area contributed by atoms with Crippen LogP contribution in [-0.2, 0) is 0 Å². The van der Waals surface area contributed by atoms with Crippen LogP contribution in [0, 0.1) is 0 Å². The Bertz CT molecular complexity index is 439. The highest BCUT2D eigenvalue weighted by Crippen LogP contribution is 2.68. The zero-order chi connectivity index (χ0) is 13.3. The average Bonchev–Trinajstić information content (AvgIpc) is 2.26. The van der Waals surface area contributed by atoms with Crippen molar-refractivity contribution in [1.82, 2.24) is 0 Å². The Kier molecular flexibility index (Phi) is 2.42. The van der Waals surface area contributed by atoms with Gasteiger partial charge in [0.1, 0.15) is 0 Å². The maximum absolute atomic E-state index is 14.1. The Morgan fingerprint density at radius 1 is 1.06 bits per heavy atom. The molecule has 2 aliphatic rings. The Balaban J connectivity index is 2.72. The molecule has 0 heterocycles. The number of allylic oxidation sites excluding steroid dienone is 4. The van der Waals surface area contributed by atoms with Crippen LogP contribution in [0.3, 0.4) is 0 Å². The van der Waals surface area contributed by atoms with E-state index in [0.717, 1.165) is 6.08 Å². The van der Waals surface area contributed by atoms with Crippen LogP contribution in [-0.4, -0.2) is 22.6 Å². The van der Waals surface area contributed by atoms with E-state index < -0.39 is 34.6 Å². The lowest BCUT2D eigenvalue weighted by molar-refractivity contribution is -0.212. The molecule has 0 N–H and O–H groups in total. The van der Waals surface area contributed by atoms with Crippen LogP contribution in [0.4, 0.5) is 26.3 Å². The van der Waals surface area contributed by atoms with Gasteiger partial charge in [-0.15, -0.1) is 0 Å². The fraction of sp³-hybridized carbons (Fsp3) is 0.556. The molecule has 8 heteroatoms. The van der Waals surface area contributed by atoms with E-state index in [0.29, 0.717) is 6.08 Å². The quantitative estimate of drug-likeness (QED) is 0.461. The van der Waals surface area contributed by atoms with Crippen molar-refractivity contribution in [2.45, 2.75) is 29.1 Å². The molecule has 96 valence electrons. The summed E-state index contributed by atoms with van der Waals surface area (Å²) in [5.74, 6) is -10.4. The first-order chi connectivity index (χ1) is 7.48. The monoisotopic (exact) mass is 296 g/mol. The maximum Gasteiger partial charge on any atom is 0.364 e. The summed E-state index contributed by atoms with van der Waals surface area (Å²) < 4.78 is 80.6. The van der Waals surface area contributed by atoms with Crippen molar-refractivity contribution in [2.75, 3.05) is 0 Å². The summed E-state index contributed by atoms with van der Waals surface area (Å²) in [7, 11) is 0. The van der Waals surface area contributed by atoms with E-state index in [4.69, 9.17) is 23.2 Å². The van der Waals surface area contributed by atoms with Crippen LogP contribution in [0.25, 0.3) is 0 Å². The first-order valence-corrected chi connectivity index (χ1v) is 5.15. The Morgan fingerprint density at radius 3 is 2.12 bits per heavy atom. The van der Waals surface area contributed by atoms with Gasteiger partial charge in [-0.25, -0.2) is 8.78 Å². The molecule has 0 bridgehead atoms. The summed E-state index contributed by atoms with van der Waals surface area (Å²) in [5, 5.41) is -4.87. The van der Waals surface area contributed by atoms with Crippen LogP contribution in [0.5, 0.6) is 0 Å². The number of rotatable bonds is 0. The van der Waals surface area contributed by atoms with Crippen molar-refractivity contribution in [3.63, 3.8) is 0 Å². The minimum Gasteiger partial charge on any atom is -0.233 e. The summed E-state index contributed by atoms with van der Waals surface area (Å²) in [4.78, 5) is 0. The summed E-state index contributed by atoms with van der Waals surface area (Å²) >= 11 is 10.1. The smallest absolute Gasteiger partial charge is 0.233 e. The molecule has 0 amide bonds. The van der Waals surface area contributed by atoms with Crippen LogP contribution in [0.2, 0.25) is 0 Å². The van der Waals surface area contributed by atoms with E-state index >= 15 is 0 Å². The normalized spacial score (nSPS) is 42.8. The molecule has 0 aromatic rings. The van der Waals surface area contributed by atoms with Gasteiger partial charge in [-0.1, -0.05) is 29.3 Å². The van der Waals surface area contributed by atoms with Crippen molar-refractivity contribution < 1.29 is 26.3 Å². The van der Waals surface area contributed by atoms with Gasteiger partial charge in [0, 0.05) is 17.0 Å². The number of hydrogen-bond acceptors (Lipinski definition) is 0. The van der Waals surface area contributed by atoms with Crippen LogP contribution >= 0.6 is 23.2 Å². The van der Waals surface area contributed by atoms with Crippen molar-refractivity contribution >= 4 is 23.2 Å². The molecule has 17 heavy (non-hydrogen) atoms. The third-order valence-corrected chi connectivity index (χ3v) is 3.71. The molecule has 2 unspecified atom stereocenters. The van der Waals surface area contributed by atoms with Gasteiger partial charge in [0.25, 0.3) is 5.13 Å². The van der Waals surface area contributed by atoms with Gasteiger partial charge in [0.05, 0.1) is 0 Å². The van der Waals surface area contributed by atoms with E-state index in [1.165, 1.54) is 0 Å². The van der Waals surface area contributed by atoms with Crippen LogP contribution in [0.15, 0.2) is 22.8 Å². The molecule has 0 aromatic carbocycles. The largest absolute Gasteiger partial charge is 0.364 e. The minimum absolute atomic E-state index is 0.294. The predicted octanol–water partition coefficient (Wildman–Crippen LogP) is 4.34.